The minimum atomic E-state index is -1.43. The highest BCUT2D eigenvalue weighted by molar-refractivity contribution is 5.41. The third-order valence-electron chi connectivity index (χ3n) is 2.20. The van der Waals surface area contributed by atoms with Gasteiger partial charge in [-0.1, -0.05) is 0 Å². The van der Waals surface area contributed by atoms with Crippen molar-refractivity contribution in [3.8, 4) is 5.75 Å². The molecule has 1 aliphatic heterocycles. The highest BCUT2D eigenvalue weighted by atomic mass is 19.1. The standard InChI is InChI=1S/C9H10FNO2/c1-9(12)8(11)6-4-5(10)2-3-7(6)13-9/h2-4,8,12H,11H2,1H3/t8-,9?/m0/s1. The maximum Gasteiger partial charge on any atom is 0.224 e. The Bertz CT molecular complexity index is 351. The van der Waals surface area contributed by atoms with Crippen LogP contribution in [0.25, 0.3) is 0 Å². The van der Waals surface area contributed by atoms with Gasteiger partial charge in [-0.2, -0.15) is 0 Å². The quantitative estimate of drug-likeness (QED) is 0.629. The van der Waals surface area contributed by atoms with Crippen molar-refractivity contribution in [3.63, 3.8) is 0 Å². The van der Waals surface area contributed by atoms with Crippen molar-refractivity contribution < 1.29 is 14.2 Å². The zero-order chi connectivity index (χ0) is 9.64. The van der Waals surface area contributed by atoms with Gasteiger partial charge in [0.1, 0.15) is 11.6 Å². The van der Waals surface area contributed by atoms with Gasteiger partial charge in [-0.15, -0.1) is 0 Å². The molecule has 4 heteroatoms. The highest BCUT2D eigenvalue weighted by Gasteiger charge is 2.41. The Balaban J connectivity index is 2.51. The Kier molecular flexibility index (Phi) is 1.58. The second-order valence-electron chi connectivity index (χ2n) is 3.32. The van der Waals surface area contributed by atoms with Gasteiger partial charge < -0.3 is 15.6 Å². The van der Waals surface area contributed by atoms with E-state index >= 15 is 0 Å². The SMILES string of the molecule is CC1(O)Oc2ccc(F)cc2[C@@H]1N. The fourth-order valence-electron chi connectivity index (χ4n) is 1.43. The smallest absolute Gasteiger partial charge is 0.224 e. The molecule has 0 saturated carbocycles. The van der Waals surface area contributed by atoms with E-state index in [0.29, 0.717) is 11.3 Å². The minimum absolute atomic E-state index is 0.379. The van der Waals surface area contributed by atoms with Crippen LogP contribution in [0, 0.1) is 5.82 Å². The molecule has 1 aromatic rings. The maximum absolute atomic E-state index is 12.8. The van der Waals surface area contributed by atoms with Gasteiger partial charge in [-0.25, -0.2) is 4.39 Å². The molecule has 0 bridgehead atoms. The number of rotatable bonds is 0. The van der Waals surface area contributed by atoms with Crippen LogP contribution in [-0.4, -0.2) is 10.9 Å². The predicted molar refractivity (Wildman–Crippen MR) is 44.6 cm³/mol. The van der Waals surface area contributed by atoms with Gasteiger partial charge in [0.25, 0.3) is 0 Å². The van der Waals surface area contributed by atoms with Crippen LogP contribution in [0.5, 0.6) is 5.75 Å². The van der Waals surface area contributed by atoms with Gasteiger partial charge in [0.05, 0.1) is 6.04 Å². The summed E-state index contributed by atoms with van der Waals surface area (Å²) in [6, 6.07) is 3.32. The molecule has 0 saturated heterocycles. The Morgan fingerprint density at radius 3 is 3.00 bits per heavy atom. The summed E-state index contributed by atoms with van der Waals surface area (Å²) in [7, 11) is 0. The van der Waals surface area contributed by atoms with E-state index in [-0.39, 0.29) is 5.82 Å². The summed E-state index contributed by atoms with van der Waals surface area (Å²) in [5, 5.41) is 9.61. The number of aliphatic hydroxyl groups is 1. The largest absolute Gasteiger partial charge is 0.460 e. The lowest BCUT2D eigenvalue weighted by atomic mass is 10.0. The second kappa shape index (κ2) is 2.43. The van der Waals surface area contributed by atoms with Crippen LogP contribution in [0.3, 0.4) is 0 Å². The summed E-state index contributed by atoms with van der Waals surface area (Å²) in [6.07, 6.45) is 0. The summed E-state index contributed by atoms with van der Waals surface area (Å²) in [5.74, 6) is -1.37. The maximum atomic E-state index is 12.8. The van der Waals surface area contributed by atoms with E-state index in [1.807, 2.05) is 0 Å². The van der Waals surface area contributed by atoms with Crippen LogP contribution >= 0.6 is 0 Å². The first-order chi connectivity index (χ1) is 6.00. The molecule has 1 unspecified atom stereocenters. The molecule has 0 amide bonds. The third-order valence-corrected chi connectivity index (χ3v) is 2.20. The molecule has 2 rings (SSSR count). The molecule has 1 heterocycles. The summed E-state index contributed by atoms with van der Waals surface area (Å²) >= 11 is 0. The van der Waals surface area contributed by atoms with Crippen LogP contribution in [0.15, 0.2) is 18.2 Å². The highest BCUT2D eigenvalue weighted by Crippen LogP contribution is 2.40. The number of hydrogen-bond donors (Lipinski definition) is 2. The third kappa shape index (κ3) is 1.18. The minimum Gasteiger partial charge on any atom is -0.460 e. The van der Waals surface area contributed by atoms with Crippen molar-refractivity contribution in [1.29, 1.82) is 0 Å². The van der Waals surface area contributed by atoms with Crippen molar-refractivity contribution in [2.75, 3.05) is 0 Å². The molecule has 0 aromatic heterocycles. The zero-order valence-electron chi connectivity index (χ0n) is 7.12. The second-order valence-corrected chi connectivity index (χ2v) is 3.32. The average Bonchev–Trinajstić information content (AvgIpc) is 2.26. The van der Waals surface area contributed by atoms with Gasteiger partial charge in [0, 0.05) is 12.5 Å². The van der Waals surface area contributed by atoms with Crippen LogP contribution in [0.4, 0.5) is 4.39 Å². The summed E-state index contributed by atoms with van der Waals surface area (Å²) in [5.41, 5.74) is 6.16. The van der Waals surface area contributed by atoms with Crippen molar-refractivity contribution >= 4 is 0 Å². The Hall–Kier alpha value is -1.13. The van der Waals surface area contributed by atoms with Crippen molar-refractivity contribution in [1.82, 2.24) is 0 Å². The molecule has 1 aromatic carbocycles. The van der Waals surface area contributed by atoms with Crippen LogP contribution in [0.2, 0.25) is 0 Å². The van der Waals surface area contributed by atoms with E-state index in [2.05, 4.69) is 0 Å². The Morgan fingerprint density at radius 1 is 1.62 bits per heavy atom. The molecule has 0 aliphatic carbocycles. The first kappa shape index (κ1) is 8.47. The van der Waals surface area contributed by atoms with Crippen LogP contribution in [0.1, 0.15) is 18.5 Å². The van der Waals surface area contributed by atoms with Gasteiger partial charge >= 0.3 is 0 Å². The normalized spacial score (nSPS) is 31.2. The summed E-state index contributed by atoms with van der Waals surface area (Å²) < 4.78 is 17.9. The van der Waals surface area contributed by atoms with Crippen LogP contribution < -0.4 is 10.5 Å². The van der Waals surface area contributed by atoms with E-state index in [1.54, 1.807) is 0 Å². The predicted octanol–water partition coefficient (Wildman–Crippen LogP) is 0.926. The van der Waals surface area contributed by atoms with Crippen LogP contribution in [-0.2, 0) is 0 Å². The molecule has 0 radical (unpaired) electrons. The molecule has 3 nitrogen and oxygen atoms in total. The molecular weight excluding hydrogens is 173 g/mol. The van der Waals surface area contributed by atoms with E-state index in [4.69, 9.17) is 10.5 Å². The van der Waals surface area contributed by atoms with E-state index in [0.717, 1.165) is 0 Å². The number of benzene rings is 1. The molecule has 0 spiro atoms. The number of hydrogen-bond acceptors (Lipinski definition) is 3. The fourth-order valence-corrected chi connectivity index (χ4v) is 1.43. The molecule has 2 atom stereocenters. The number of nitrogens with two attached hydrogens (primary N) is 1. The van der Waals surface area contributed by atoms with Crippen molar-refractivity contribution in [3.05, 3.63) is 29.6 Å². The first-order valence-electron chi connectivity index (χ1n) is 3.97. The first-order valence-corrected chi connectivity index (χ1v) is 3.97. The van der Waals surface area contributed by atoms with E-state index in [1.165, 1.54) is 25.1 Å². The van der Waals surface area contributed by atoms with Crippen molar-refractivity contribution in [2.45, 2.75) is 18.8 Å². The summed E-state index contributed by atoms with van der Waals surface area (Å²) in [6.45, 7) is 1.45. The Morgan fingerprint density at radius 2 is 2.31 bits per heavy atom. The Labute approximate surface area is 74.9 Å². The topological polar surface area (TPSA) is 55.5 Å². The fraction of sp³-hybridized carbons (Fsp3) is 0.333. The van der Waals surface area contributed by atoms with E-state index in [9.17, 15) is 9.50 Å². The van der Waals surface area contributed by atoms with Crippen molar-refractivity contribution in [2.24, 2.45) is 5.73 Å². The van der Waals surface area contributed by atoms with Gasteiger partial charge in [-0.3, -0.25) is 0 Å². The number of ether oxygens (including phenoxy) is 1. The van der Waals surface area contributed by atoms with Gasteiger partial charge in [0.15, 0.2) is 0 Å². The zero-order valence-corrected chi connectivity index (χ0v) is 7.12. The van der Waals surface area contributed by atoms with Gasteiger partial charge in [-0.05, 0) is 18.2 Å². The molecule has 0 fully saturated rings. The lowest BCUT2D eigenvalue weighted by molar-refractivity contribution is -0.122. The molecular formula is C9H10FNO2. The molecule has 1 aliphatic rings. The lowest BCUT2D eigenvalue weighted by Gasteiger charge is -2.20. The molecule has 70 valence electrons. The lowest BCUT2D eigenvalue weighted by Crippen LogP contribution is -2.38. The monoisotopic (exact) mass is 183 g/mol. The molecule has 13 heavy (non-hydrogen) atoms. The molecule has 3 N–H and O–H groups in total. The summed E-state index contributed by atoms with van der Waals surface area (Å²) in [4.78, 5) is 0. The van der Waals surface area contributed by atoms with Gasteiger partial charge in [0.2, 0.25) is 5.79 Å². The van der Waals surface area contributed by atoms with E-state index < -0.39 is 11.8 Å². The average molecular weight is 183 g/mol. The number of halogens is 1. The number of fused-ring (bicyclic) bond motifs is 1.